The molecule has 252 valence electrons. The molecule has 0 radical (unpaired) electrons. The van der Waals surface area contributed by atoms with Crippen molar-refractivity contribution in [2.24, 2.45) is 0 Å². The van der Waals surface area contributed by atoms with Gasteiger partial charge in [-0.2, -0.15) is 0 Å². The molecule has 0 aromatic carbocycles. The van der Waals surface area contributed by atoms with E-state index in [1.165, 1.54) is 20.3 Å². The fourth-order valence-corrected chi connectivity index (χ4v) is 4.60. The van der Waals surface area contributed by atoms with Crippen molar-refractivity contribution in [3.8, 4) is 0 Å². The van der Waals surface area contributed by atoms with Crippen LogP contribution in [0.4, 0.5) is 0 Å². The van der Waals surface area contributed by atoms with E-state index in [0.717, 1.165) is 39.5 Å². The van der Waals surface area contributed by atoms with Gasteiger partial charge in [-0.05, 0) is 19.3 Å². The number of hydrogen-bond donors (Lipinski definition) is 2. The van der Waals surface area contributed by atoms with E-state index in [1.807, 2.05) is 0 Å². The highest BCUT2D eigenvalue weighted by Crippen LogP contribution is 2.28. The van der Waals surface area contributed by atoms with Gasteiger partial charge in [0.25, 0.3) is 0 Å². The van der Waals surface area contributed by atoms with E-state index in [1.54, 1.807) is 0 Å². The highest BCUT2D eigenvalue weighted by atomic mass is 16.7. The van der Waals surface area contributed by atoms with Crippen LogP contribution >= 0.6 is 0 Å². The van der Waals surface area contributed by atoms with Gasteiger partial charge < -0.3 is 39.1 Å². The van der Waals surface area contributed by atoms with Crippen LogP contribution in [0.2, 0.25) is 0 Å². The Morgan fingerprint density at radius 1 is 0.659 bits per heavy atom. The number of carbonyl (C=O) groups is 6. The molecule has 1 rings (SSSR count). The molecule has 0 unspecified atom stereocenters. The second kappa shape index (κ2) is 22.3. The van der Waals surface area contributed by atoms with E-state index in [-0.39, 0.29) is 32.1 Å². The van der Waals surface area contributed by atoms with Gasteiger partial charge in [0.15, 0.2) is 18.5 Å². The van der Waals surface area contributed by atoms with Crippen LogP contribution in [-0.2, 0) is 57.2 Å². The van der Waals surface area contributed by atoms with Crippen LogP contribution in [0, 0.1) is 0 Å². The Balaban J connectivity index is 2.83. The summed E-state index contributed by atoms with van der Waals surface area (Å²) in [5.74, 6) is -2.95. The van der Waals surface area contributed by atoms with Crippen molar-refractivity contribution in [3.63, 3.8) is 0 Å². The van der Waals surface area contributed by atoms with Crippen LogP contribution in [0.1, 0.15) is 98.8 Å². The van der Waals surface area contributed by atoms with Gasteiger partial charge in [0.1, 0.15) is 25.4 Å². The predicted molar refractivity (Wildman–Crippen MR) is 156 cm³/mol. The molecule has 0 aliphatic carbocycles. The first-order valence-corrected chi connectivity index (χ1v) is 15.4. The maximum absolute atomic E-state index is 13.0. The number of unbranched alkanes of at least 4 members (excludes halogenated alkanes) is 6. The molecular formula is C30H50N2O12. The summed E-state index contributed by atoms with van der Waals surface area (Å²) in [6.07, 6.45) is 3.08. The fraction of sp³-hybridized carbons (Fsp3) is 0.800. The minimum absolute atomic E-state index is 0.0298. The highest BCUT2D eigenvalue weighted by Gasteiger charge is 2.51. The number of carbonyl (C=O) groups excluding carboxylic acids is 6. The molecule has 5 atom stereocenters. The van der Waals surface area contributed by atoms with E-state index in [0.29, 0.717) is 32.2 Å². The molecule has 2 amide bonds. The van der Waals surface area contributed by atoms with Gasteiger partial charge in [-0.1, -0.05) is 39.0 Å². The zero-order chi connectivity index (χ0) is 32.9. The Kier molecular flexibility index (Phi) is 19.6. The molecule has 14 nitrogen and oxygen atoms in total. The lowest BCUT2D eigenvalue weighted by atomic mass is 9.95. The molecule has 0 spiro atoms. The van der Waals surface area contributed by atoms with Crippen molar-refractivity contribution >= 4 is 35.7 Å². The van der Waals surface area contributed by atoms with Gasteiger partial charge in [0.2, 0.25) is 11.8 Å². The van der Waals surface area contributed by atoms with Crippen molar-refractivity contribution in [2.45, 2.75) is 129 Å². The van der Waals surface area contributed by atoms with Gasteiger partial charge in [0, 0.05) is 47.1 Å². The average Bonchev–Trinajstić information content (AvgIpc) is 2.94. The number of esters is 4. The first-order valence-electron chi connectivity index (χ1n) is 15.4. The third-order valence-corrected chi connectivity index (χ3v) is 6.61. The minimum atomic E-state index is -1.26. The number of ether oxygens (including phenoxy) is 6. The van der Waals surface area contributed by atoms with Crippen molar-refractivity contribution < 1.29 is 57.2 Å². The summed E-state index contributed by atoms with van der Waals surface area (Å²) in [6, 6.07) is -1.13. The van der Waals surface area contributed by atoms with Gasteiger partial charge >= 0.3 is 23.9 Å². The summed E-state index contributed by atoms with van der Waals surface area (Å²) in [6.45, 7) is 6.79. The van der Waals surface area contributed by atoms with Gasteiger partial charge in [-0.15, -0.1) is 0 Å². The van der Waals surface area contributed by atoms with Crippen molar-refractivity contribution in [1.82, 2.24) is 10.6 Å². The van der Waals surface area contributed by atoms with Crippen LogP contribution in [0.15, 0.2) is 0 Å². The van der Waals surface area contributed by atoms with E-state index in [9.17, 15) is 28.8 Å². The van der Waals surface area contributed by atoms with E-state index in [4.69, 9.17) is 28.4 Å². The zero-order valence-electron chi connectivity index (χ0n) is 26.7. The molecule has 14 heteroatoms. The number of nitrogens with one attached hydrogen (secondary N) is 2. The molecule has 1 saturated heterocycles. The summed E-state index contributed by atoms with van der Waals surface area (Å²) < 4.78 is 32.6. The molecule has 1 aliphatic rings. The summed E-state index contributed by atoms with van der Waals surface area (Å²) >= 11 is 0. The Labute approximate surface area is 259 Å². The van der Waals surface area contributed by atoms with Gasteiger partial charge in [0.05, 0.1) is 6.61 Å². The second-order valence-electron chi connectivity index (χ2n) is 10.6. The summed E-state index contributed by atoms with van der Waals surface area (Å²) in [4.78, 5) is 71.6. The zero-order valence-corrected chi connectivity index (χ0v) is 26.7. The van der Waals surface area contributed by atoms with E-state index in [2.05, 4.69) is 17.6 Å². The largest absolute Gasteiger partial charge is 0.463 e. The Morgan fingerprint density at radius 3 is 1.86 bits per heavy atom. The molecular weight excluding hydrogens is 580 g/mol. The maximum atomic E-state index is 13.0. The number of hydrogen-bond acceptors (Lipinski definition) is 12. The molecule has 1 aliphatic heterocycles. The van der Waals surface area contributed by atoms with Gasteiger partial charge in [-0.25, -0.2) is 0 Å². The summed E-state index contributed by atoms with van der Waals surface area (Å²) in [7, 11) is 0. The van der Waals surface area contributed by atoms with Crippen molar-refractivity contribution in [3.05, 3.63) is 0 Å². The third kappa shape index (κ3) is 17.1. The molecule has 0 aromatic rings. The Morgan fingerprint density at radius 2 is 1.25 bits per heavy atom. The summed E-state index contributed by atoms with van der Waals surface area (Å²) in [5.41, 5.74) is 0. The average molecular weight is 631 g/mol. The van der Waals surface area contributed by atoms with E-state index < -0.39 is 60.4 Å². The standard InChI is InChI=1S/C30H50N2O12/c1-6-7-8-9-11-14-25(37)31-16-13-10-12-15-26(38)32-27-29(43-23(5)36)28(42-22(4)35)24(19-41-21(3)34)44-30(27)40-18-17-39-20(2)33/h24,27-30H,6-19H2,1-5H3,(H,31,37)(H,32,38)/t24-,27+,28-,29-,30+/m1/s1. The Bertz CT molecular complexity index is 928. The molecule has 44 heavy (non-hydrogen) atoms. The van der Waals surface area contributed by atoms with Crippen LogP contribution < -0.4 is 10.6 Å². The lowest BCUT2D eigenvalue weighted by molar-refractivity contribution is -0.279. The maximum Gasteiger partial charge on any atom is 0.303 e. The second-order valence-corrected chi connectivity index (χ2v) is 10.6. The molecule has 2 N–H and O–H groups in total. The smallest absolute Gasteiger partial charge is 0.303 e. The minimum Gasteiger partial charge on any atom is -0.463 e. The lowest BCUT2D eigenvalue weighted by Gasteiger charge is -2.45. The van der Waals surface area contributed by atoms with Crippen LogP contribution in [0.25, 0.3) is 0 Å². The monoisotopic (exact) mass is 630 g/mol. The quantitative estimate of drug-likeness (QED) is 0.107. The molecule has 1 fully saturated rings. The lowest BCUT2D eigenvalue weighted by Crippen LogP contribution is -2.66. The molecule has 0 aromatic heterocycles. The van der Waals surface area contributed by atoms with E-state index >= 15 is 0 Å². The van der Waals surface area contributed by atoms with Crippen LogP contribution in [-0.4, -0.2) is 92.7 Å². The summed E-state index contributed by atoms with van der Waals surface area (Å²) in [5, 5.41) is 5.67. The molecule has 1 heterocycles. The highest BCUT2D eigenvalue weighted by molar-refractivity contribution is 5.77. The predicted octanol–water partition coefficient (Wildman–Crippen LogP) is 2.24. The van der Waals surface area contributed by atoms with Crippen LogP contribution in [0.5, 0.6) is 0 Å². The van der Waals surface area contributed by atoms with Crippen molar-refractivity contribution in [1.29, 1.82) is 0 Å². The normalized spacial score (nSPS) is 21.1. The Hall–Kier alpha value is -3.26. The SMILES string of the molecule is CCCCCCCC(=O)NCCCCCC(=O)N[C@@H]1[C@@H](OCCOC(C)=O)O[C@H](COC(C)=O)[C@@H](OC(C)=O)[C@@H]1OC(C)=O. The first-order chi connectivity index (χ1) is 20.9. The number of amides is 2. The van der Waals surface area contributed by atoms with Crippen LogP contribution in [0.3, 0.4) is 0 Å². The number of rotatable bonds is 21. The molecule has 0 bridgehead atoms. The molecule has 0 saturated carbocycles. The van der Waals surface area contributed by atoms with Gasteiger partial charge in [-0.3, -0.25) is 28.8 Å². The third-order valence-electron chi connectivity index (χ3n) is 6.61. The fourth-order valence-electron chi connectivity index (χ4n) is 4.60. The first kappa shape index (κ1) is 38.8. The topological polar surface area (TPSA) is 182 Å². The van der Waals surface area contributed by atoms with Crippen molar-refractivity contribution in [2.75, 3.05) is 26.4 Å².